The molecule has 6 heteroatoms. The molecule has 2 N–H and O–H groups in total. The first kappa shape index (κ1) is 15.8. The van der Waals surface area contributed by atoms with Crippen LogP contribution >= 0.6 is 12.4 Å². The highest BCUT2D eigenvalue weighted by Gasteiger charge is 2.36. The summed E-state index contributed by atoms with van der Waals surface area (Å²) in [7, 11) is 1.65. The predicted molar refractivity (Wildman–Crippen MR) is 82.6 cm³/mol. The van der Waals surface area contributed by atoms with Crippen molar-refractivity contribution in [3.63, 3.8) is 0 Å². The molecule has 1 aromatic carbocycles. The smallest absolute Gasteiger partial charge is 0.258 e. The van der Waals surface area contributed by atoms with Gasteiger partial charge in [-0.2, -0.15) is 4.98 Å². The highest BCUT2D eigenvalue weighted by molar-refractivity contribution is 5.85. The number of hydrogen-bond donors (Lipinski definition) is 1. The van der Waals surface area contributed by atoms with E-state index in [-0.39, 0.29) is 12.4 Å². The molecular formula is C15H20ClN3O2. The first-order chi connectivity index (χ1) is 9.62. The van der Waals surface area contributed by atoms with Gasteiger partial charge in [-0.25, -0.2) is 0 Å². The van der Waals surface area contributed by atoms with Crippen LogP contribution in [0.4, 0.5) is 0 Å². The maximum absolute atomic E-state index is 6.35. The zero-order chi connectivity index (χ0) is 14.2. The van der Waals surface area contributed by atoms with Crippen LogP contribution in [-0.4, -0.2) is 17.3 Å². The Morgan fingerprint density at radius 2 is 2.00 bits per heavy atom. The highest BCUT2D eigenvalue weighted by Crippen LogP contribution is 2.36. The van der Waals surface area contributed by atoms with Crippen LogP contribution in [0.25, 0.3) is 11.5 Å². The molecule has 0 radical (unpaired) electrons. The summed E-state index contributed by atoms with van der Waals surface area (Å²) in [4.78, 5) is 4.51. The molecule has 5 nitrogen and oxygen atoms in total. The molecule has 3 rings (SSSR count). The van der Waals surface area contributed by atoms with E-state index < -0.39 is 5.54 Å². The van der Waals surface area contributed by atoms with E-state index in [1.54, 1.807) is 7.11 Å². The zero-order valence-electron chi connectivity index (χ0n) is 12.3. The van der Waals surface area contributed by atoms with Crippen LogP contribution in [0.1, 0.15) is 37.1 Å². The molecule has 114 valence electrons. The fourth-order valence-corrected chi connectivity index (χ4v) is 2.77. The molecule has 1 aromatic heterocycles. The van der Waals surface area contributed by atoms with Crippen LogP contribution in [-0.2, 0) is 5.54 Å². The number of nitrogens with two attached hydrogens (primary N) is 1. The fraction of sp³-hybridized carbons (Fsp3) is 0.467. The molecule has 2 aromatic rings. The van der Waals surface area contributed by atoms with E-state index in [0.29, 0.717) is 11.7 Å². The summed E-state index contributed by atoms with van der Waals surface area (Å²) in [6.07, 6.45) is 4.10. The van der Waals surface area contributed by atoms with Crippen LogP contribution < -0.4 is 10.5 Å². The third-order valence-electron chi connectivity index (χ3n) is 4.03. The van der Waals surface area contributed by atoms with Crippen LogP contribution in [0.3, 0.4) is 0 Å². The Balaban J connectivity index is 0.00000161. The van der Waals surface area contributed by atoms with Gasteiger partial charge in [-0.15, -0.1) is 12.4 Å². The zero-order valence-corrected chi connectivity index (χ0v) is 13.1. The number of aryl methyl sites for hydroxylation is 1. The molecule has 0 unspecified atom stereocenters. The van der Waals surface area contributed by atoms with Crippen LogP contribution in [0.5, 0.6) is 5.75 Å². The Kier molecular flexibility index (Phi) is 4.54. The second-order valence-electron chi connectivity index (χ2n) is 5.47. The number of benzene rings is 1. The number of halogens is 1. The Morgan fingerprint density at radius 3 is 2.62 bits per heavy atom. The van der Waals surface area contributed by atoms with Crippen molar-refractivity contribution < 1.29 is 9.26 Å². The molecule has 0 atom stereocenters. The standard InChI is InChI=1S/C15H19N3O2.ClH/c1-10-9-11(19-2)5-6-12(10)13-17-14(18-20-13)15(16)7-3-4-8-15;/h5-6,9H,3-4,7-8,16H2,1-2H3;1H. The number of nitrogens with zero attached hydrogens (tertiary/aromatic N) is 2. The lowest BCUT2D eigenvalue weighted by molar-refractivity contribution is 0.372. The van der Waals surface area contributed by atoms with E-state index in [4.69, 9.17) is 15.0 Å². The minimum Gasteiger partial charge on any atom is -0.497 e. The largest absolute Gasteiger partial charge is 0.497 e. The van der Waals surface area contributed by atoms with Gasteiger partial charge >= 0.3 is 0 Å². The third kappa shape index (κ3) is 2.89. The lowest BCUT2D eigenvalue weighted by Gasteiger charge is -2.17. The van der Waals surface area contributed by atoms with Crippen LogP contribution in [0.15, 0.2) is 22.7 Å². The molecule has 0 aliphatic heterocycles. The van der Waals surface area contributed by atoms with Crippen LogP contribution in [0, 0.1) is 6.92 Å². The van der Waals surface area contributed by atoms with E-state index in [9.17, 15) is 0 Å². The molecule has 1 aliphatic carbocycles. The minimum absolute atomic E-state index is 0. The molecule has 21 heavy (non-hydrogen) atoms. The average Bonchev–Trinajstić information content (AvgIpc) is 3.08. The van der Waals surface area contributed by atoms with Gasteiger partial charge in [0.2, 0.25) is 0 Å². The summed E-state index contributed by atoms with van der Waals surface area (Å²) < 4.78 is 10.6. The van der Waals surface area contributed by atoms with Crippen molar-refractivity contribution in [2.45, 2.75) is 38.1 Å². The maximum atomic E-state index is 6.35. The van der Waals surface area contributed by atoms with E-state index >= 15 is 0 Å². The minimum atomic E-state index is -0.415. The number of rotatable bonds is 3. The molecule has 0 bridgehead atoms. The number of methoxy groups -OCH3 is 1. The number of aromatic nitrogens is 2. The Morgan fingerprint density at radius 1 is 1.29 bits per heavy atom. The second kappa shape index (κ2) is 6.03. The molecule has 0 spiro atoms. The van der Waals surface area contributed by atoms with Crippen molar-refractivity contribution in [3.05, 3.63) is 29.6 Å². The number of hydrogen-bond acceptors (Lipinski definition) is 5. The van der Waals surface area contributed by atoms with Crippen molar-refractivity contribution in [1.82, 2.24) is 10.1 Å². The van der Waals surface area contributed by atoms with E-state index in [1.807, 2.05) is 25.1 Å². The normalized spacial score (nSPS) is 16.5. The van der Waals surface area contributed by atoms with Gasteiger partial charge in [0, 0.05) is 5.56 Å². The Labute approximate surface area is 130 Å². The summed E-state index contributed by atoms with van der Waals surface area (Å²) in [6.45, 7) is 2.00. The summed E-state index contributed by atoms with van der Waals surface area (Å²) in [5.74, 6) is 1.97. The van der Waals surface area contributed by atoms with Crippen molar-refractivity contribution in [1.29, 1.82) is 0 Å². The summed E-state index contributed by atoms with van der Waals surface area (Å²) in [5.41, 5.74) is 7.90. The third-order valence-corrected chi connectivity index (χ3v) is 4.03. The van der Waals surface area contributed by atoms with Gasteiger partial charge in [0.05, 0.1) is 12.6 Å². The first-order valence-electron chi connectivity index (χ1n) is 6.90. The summed E-state index contributed by atoms with van der Waals surface area (Å²) in [5, 5.41) is 4.09. The fourth-order valence-electron chi connectivity index (χ4n) is 2.77. The molecule has 1 saturated carbocycles. The lowest BCUT2D eigenvalue weighted by atomic mass is 9.98. The highest BCUT2D eigenvalue weighted by atomic mass is 35.5. The SMILES string of the molecule is COc1ccc(-c2nc(C3(N)CCCC3)no2)c(C)c1.Cl. The van der Waals surface area contributed by atoms with Gasteiger partial charge in [0.25, 0.3) is 5.89 Å². The van der Waals surface area contributed by atoms with Crippen molar-refractivity contribution in [3.8, 4) is 17.2 Å². The quantitative estimate of drug-likeness (QED) is 0.942. The average molecular weight is 310 g/mol. The molecular weight excluding hydrogens is 290 g/mol. The van der Waals surface area contributed by atoms with E-state index in [2.05, 4.69) is 10.1 Å². The lowest BCUT2D eigenvalue weighted by Crippen LogP contribution is -2.34. The Hall–Kier alpha value is -1.59. The van der Waals surface area contributed by atoms with Gasteiger partial charge in [-0.3, -0.25) is 0 Å². The second-order valence-corrected chi connectivity index (χ2v) is 5.47. The molecule has 1 fully saturated rings. The number of ether oxygens (including phenoxy) is 1. The van der Waals surface area contributed by atoms with Crippen LogP contribution in [0.2, 0.25) is 0 Å². The monoisotopic (exact) mass is 309 g/mol. The van der Waals surface area contributed by atoms with Crippen molar-refractivity contribution in [2.24, 2.45) is 5.73 Å². The van der Waals surface area contributed by atoms with E-state index in [1.165, 1.54) is 0 Å². The Bertz CT molecular complexity index is 621. The molecule has 1 aliphatic rings. The molecule has 0 amide bonds. The maximum Gasteiger partial charge on any atom is 0.258 e. The molecule has 1 heterocycles. The van der Waals surface area contributed by atoms with Gasteiger partial charge in [0.1, 0.15) is 5.75 Å². The first-order valence-corrected chi connectivity index (χ1v) is 6.90. The summed E-state index contributed by atoms with van der Waals surface area (Å²) >= 11 is 0. The van der Waals surface area contributed by atoms with E-state index in [0.717, 1.165) is 42.6 Å². The molecule has 0 saturated heterocycles. The van der Waals surface area contributed by atoms with Gasteiger partial charge < -0.3 is 15.0 Å². The topological polar surface area (TPSA) is 74.2 Å². The summed E-state index contributed by atoms with van der Waals surface area (Å²) in [6, 6.07) is 5.77. The predicted octanol–water partition coefficient (Wildman–Crippen LogP) is 3.20. The van der Waals surface area contributed by atoms with Gasteiger partial charge in [-0.1, -0.05) is 18.0 Å². The van der Waals surface area contributed by atoms with Crippen molar-refractivity contribution >= 4 is 12.4 Å². The van der Waals surface area contributed by atoms with Gasteiger partial charge in [0.15, 0.2) is 5.82 Å². The van der Waals surface area contributed by atoms with Gasteiger partial charge in [-0.05, 0) is 43.5 Å². The van der Waals surface area contributed by atoms with Crippen molar-refractivity contribution in [2.75, 3.05) is 7.11 Å².